The Morgan fingerprint density at radius 3 is 2.00 bits per heavy atom. The Balaban J connectivity index is 1.85. The van der Waals surface area contributed by atoms with Crippen LogP contribution < -0.4 is 0 Å². The van der Waals surface area contributed by atoms with Crippen molar-refractivity contribution in [2.75, 3.05) is 0 Å². The highest BCUT2D eigenvalue weighted by Gasteiger charge is 2.33. The van der Waals surface area contributed by atoms with Crippen LogP contribution in [-0.4, -0.2) is 20.9 Å². The number of nitrogens with one attached hydrogen (secondary N) is 1. The van der Waals surface area contributed by atoms with Gasteiger partial charge in [0.1, 0.15) is 0 Å². The maximum Gasteiger partial charge on any atom is 0.198 e. The predicted molar refractivity (Wildman–Crippen MR) is 95.0 cm³/mol. The summed E-state index contributed by atoms with van der Waals surface area (Å²) in [6.07, 6.45) is -1.05. The molecule has 6 heteroatoms. The van der Waals surface area contributed by atoms with Crippen LogP contribution in [0.15, 0.2) is 53.5 Å². The standard InChI is InChI=1S/C18H12Cl2N2O2/c19-11-5-1-9(2-6-11)15-13-14(18(24)21-15)16(22-17(13)23)10-3-7-12(20)8-4-10/h1-8,17,21,23-24H. The fraction of sp³-hybridized carbons (Fsp3) is 0.0556. The lowest BCUT2D eigenvalue weighted by atomic mass is 10.00. The van der Waals surface area contributed by atoms with Crippen molar-refractivity contribution in [2.45, 2.75) is 6.23 Å². The second kappa shape index (κ2) is 5.67. The van der Waals surface area contributed by atoms with Gasteiger partial charge in [-0.05, 0) is 29.8 Å². The molecule has 0 radical (unpaired) electrons. The van der Waals surface area contributed by atoms with Crippen LogP contribution in [0, 0.1) is 0 Å². The Morgan fingerprint density at radius 1 is 0.875 bits per heavy atom. The number of nitrogens with zero attached hydrogens (tertiary/aromatic N) is 1. The van der Waals surface area contributed by atoms with Gasteiger partial charge in [-0.2, -0.15) is 0 Å². The zero-order chi connectivity index (χ0) is 16.8. The van der Waals surface area contributed by atoms with Crippen molar-refractivity contribution < 1.29 is 10.2 Å². The molecule has 1 aliphatic heterocycles. The quantitative estimate of drug-likeness (QED) is 0.629. The van der Waals surface area contributed by atoms with E-state index in [-0.39, 0.29) is 5.88 Å². The van der Waals surface area contributed by atoms with Crippen LogP contribution in [-0.2, 0) is 0 Å². The van der Waals surface area contributed by atoms with Crippen molar-refractivity contribution in [2.24, 2.45) is 4.99 Å². The molecule has 0 bridgehead atoms. The maximum atomic E-state index is 10.4. The molecular formula is C18H12Cl2N2O2. The molecule has 0 saturated heterocycles. The highest BCUT2D eigenvalue weighted by Crippen LogP contribution is 2.42. The first kappa shape index (κ1) is 15.3. The van der Waals surface area contributed by atoms with E-state index in [0.717, 1.165) is 11.1 Å². The van der Waals surface area contributed by atoms with Gasteiger partial charge in [-0.3, -0.25) is 0 Å². The summed E-state index contributed by atoms with van der Waals surface area (Å²) >= 11 is 11.8. The molecule has 2 aromatic carbocycles. The van der Waals surface area contributed by atoms with Gasteiger partial charge < -0.3 is 15.2 Å². The molecule has 1 aliphatic rings. The number of halogens is 2. The largest absolute Gasteiger partial charge is 0.494 e. The number of hydrogen-bond acceptors (Lipinski definition) is 3. The van der Waals surface area contributed by atoms with E-state index < -0.39 is 6.23 Å². The van der Waals surface area contributed by atoms with Gasteiger partial charge in [-0.1, -0.05) is 47.5 Å². The normalized spacial score (nSPS) is 16.1. The maximum absolute atomic E-state index is 10.4. The number of aromatic amines is 1. The van der Waals surface area contributed by atoms with Gasteiger partial charge in [0, 0.05) is 21.2 Å². The molecule has 0 aliphatic carbocycles. The van der Waals surface area contributed by atoms with Crippen LogP contribution in [0.2, 0.25) is 10.0 Å². The van der Waals surface area contributed by atoms with Crippen LogP contribution >= 0.6 is 23.2 Å². The van der Waals surface area contributed by atoms with Crippen LogP contribution in [0.3, 0.4) is 0 Å². The van der Waals surface area contributed by atoms with E-state index in [2.05, 4.69) is 9.98 Å². The van der Waals surface area contributed by atoms with Crippen LogP contribution in [0.4, 0.5) is 0 Å². The molecule has 4 nitrogen and oxygen atoms in total. The summed E-state index contributed by atoms with van der Waals surface area (Å²) in [5.74, 6) is -0.0276. The molecule has 0 spiro atoms. The number of benzene rings is 2. The van der Waals surface area contributed by atoms with E-state index in [1.54, 1.807) is 36.4 Å². The average Bonchev–Trinajstić information content (AvgIpc) is 3.08. The Bertz CT molecular complexity index is 944. The smallest absolute Gasteiger partial charge is 0.198 e. The number of fused-ring (bicyclic) bond motifs is 1. The number of rotatable bonds is 2. The monoisotopic (exact) mass is 358 g/mol. The number of aliphatic imine (C=N–C) groups is 1. The topological polar surface area (TPSA) is 68.6 Å². The highest BCUT2D eigenvalue weighted by molar-refractivity contribution is 6.31. The van der Waals surface area contributed by atoms with E-state index >= 15 is 0 Å². The fourth-order valence-corrected chi connectivity index (χ4v) is 3.17. The summed E-state index contributed by atoms with van der Waals surface area (Å²) in [6, 6.07) is 14.2. The third-order valence-corrected chi connectivity index (χ3v) is 4.52. The summed E-state index contributed by atoms with van der Waals surface area (Å²) in [6.45, 7) is 0. The van der Waals surface area contributed by atoms with Crippen molar-refractivity contribution in [3.63, 3.8) is 0 Å². The summed E-state index contributed by atoms with van der Waals surface area (Å²) in [4.78, 5) is 7.24. The van der Waals surface area contributed by atoms with E-state index in [4.69, 9.17) is 23.2 Å². The minimum atomic E-state index is -1.05. The molecule has 2 heterocycles. The Labute approximate surface area is 148 Å². The van der Waals surface area contributed by atoms with E-state index in [1.165, 1.54) is 0 Å². The lowest BCUT2D eigenvalue weighted by molar-refractivity contribution is 0.193. The van der Waals surface area contributed by atoms with E-state index in [1.807, 2.05) is 12.1 Å². The van der Waals surface area contributed by atoms with Gasteiger partial charge in [0.15, 0.2) is 12.1 Å². The van der Waals surface area contributed by atoms with E-state index in [0.29, 0.717) is 32.6 Å². The van der Waals surface area contributed by atoms with Gasteiger partial charge in [0.25, 0.3) is 0 Å². The van der Waals surface area contributed by atoms with Gasteiger partial charge in [-0.25, -0.2) is 4.99 Å². The summed E-state index contributed by atoms with van der Waals surface area (Å²) in [5, 5.41) is 22.0. The Kier molecular flexibility index (Phi) is 3.61. The highest BCUT2D eigenvalue weighted by atomic mass is 35.5. The van der Waals surface area contributed by atoms with Gasteiger partial charge in [-0.15, -0.1) is 0 Å². The molecule has 120 valence electrons. The molecule has 0 fully saturated rings. The van der Waals surface area contributed by atoms with Gasteiger partial charge in [0.2, 0.25) is 0 Å². The van der Waals surface area contributed by atoms with Crippen molar-refractivity contribution in [3.8, 4) is 17.1 Å². The number of H-pyrrole nitrogens is 1. The first-order chi connectivity index (χ1) is 11.5. The molecule has 1 unspecified atom stereocenters. The van der Waals surface area contributed by atoms with Crippen LogP contribution in [0.1, 0.15) is 22.9 Å². The third-order valence-electron chi connectivity index (χ3n) is 4.02. The number of aromatic nitrogens is 1. The minimum Gasteiger partial charge on any atom is -0.494 e. The second-order valence-electron chi connectivity index (χ2n) is 5.50. The summed E-state index contributed by atoms with van der Waals surface area (Å²) in [5.41, 5.74) is 3.80. The minimum absolute atomic E-state index is 0.0276. The number of hydrogen-bond donors (Lipinski definition) is 3. The molecule has 24 heavy (non-hydrogen) atoms. The number of aromatic hydroxyl groups is 1. The summed E-state index contributed by atoms with van der Waals surface area (Å²) < 4.78 is 0. The SMILES string of the molecule is Oc1[nH]c(-c2ccc(Cl)cc2)c2c1C(c1ccc(Cl)cc1)=NC2O. The average molecular weight is 359 g/mol. The molecule has 0 amide bonds. The van der Waals surface area contributed by atoms with Crippen molar-refractivity contribution in [3.05, 3.63) is 75.3 Å². The number of aliphatic hydroxyl groups is 1. The number of aliphatic hydroxyl groups excluding tert-OH is 1. The molecular weight excluding hydrogens is 347 g/mol. The molecule has 0 saturated carbocycles. The lowest BCUT2D eigenvalue weighted by Crippen LogP contribution is -1.99. The summed E-state index contributed by atoms with van der Waals surface area (Å²) in [7, 11) is 0. The van der Waals surface area contributed by atoms with Crippen molar-refractivity contribution in [1.82, 2.24) is 4.98 Å². The molecule has 1 aromatic heterocycles. The Hall–Kier alpha value is -2.27. The third kappa shape index (κ3) is 2.40. The second-order valence-corrected chi connectivity index (χ2v) is 6.38. The Morgan fingerprint density at radius 2 is 1.42 bits per heavy atom. The first-order valence-corrected chi connectivity index (χ1v) is 8.03. The van der Waals surface area contributed by atoms with Gasteiger partial charge >= 0.3 is 0 Å². The molecule has 3 aromatic rings. The van der Waals surface area contributed by atoms with Crippen molar-refractivity contribution >= 4 is 28.9 Å². The zero-order valence-corrected chi connectivity index (χ0v) is 13.8. The predicted octanol–water partition coefficient (Wildman–Crippen LogP) is 4.54. The van der Waals surface area contributed by atoms with Crippen molar-refractivity contribution in [1.29, 1.82) is 0 Å². The van der Waals surface area contributed by atoms with E-state index in [9.17, 15) is 10.2 Å². The molecule has 4 rings (SSSR count). The zero-order valence-electron chi connectivity index (χ0n) is 12.3. The molecule has 1 atom stereocenters. The van der Waals surface area contributed by atoms with Crippen LogP contribution in [0.5, 0.6) is 5.88 Å². The molecule has 3 N–H and O–H groups in total. The fourth-order valence-electron chi connectivity index (χ4n) is 2.92. The lowest BCUT2D eigenvalue weighted by Gasteiger charge is -2.04. The van der Waals surface area contributed by atoms with Crippen LogP contribution in [0.25, 0.3) is 11.3 Å². The van der Waals surface area contributed by atoms with Gasteiger partial charge in [0.05, 0.1) is 17.0 Å². The first-order valence-electron chi connectivity index (χ1n) is 7.27.